The molecule has 0 radical (unpaired) electrons. The predicted octanol–water partition coefficient (Wildman–Crippen LogP) is 1.65. The second-order valence-electron chi connectivity index (χ2n) is 3.08. The van der Waals surface area contributed by atoms with Gasteiger partial charge in [0.05, 0.1) is 5.02 Å². The van der Waals surface area contributed by atoms with Gasteiger partial charge in [-0.15, -0.1) is 0 Å². The molecule has 0 bridgehead atoms. The molecule has 0 saturated heterocycles. The molecule has 0 unspecified atom stereocenters. The highest BCUT2D eigenvalue weighted by Crippen LogP contribution is 2.38. The van der Waals surface area contributed by atoms with E-state index >= 15 is 0 Å². The van der Waals surface area contributed by atoms with E-state index in [1.165, 1.54) is 0 Å². The zero-order chi connectivity index (χ0) is 9.97. The summed E-state index contributed by atoms with van der Waals surface area (Å²) in [6, 6.07) is 3.65. The van der Waals surface area contributed by atoms with Crippen molar-refractivity contribution in [1.82, 2.24) is 0 Å². The highest BCUT2D eigenvalue weighted by molar-refractivity contribution is 6.32. The summed E-state index contributed by atoms with van der Waals surface area (Å²) in [6.07, 6.45) is 0.580. The van der Waals surface area contributed by atoms with Gasteiger partial charge in [-0.2, -0.15) is 0 Å². The largest absolute Gasteiger partial charge is 0.486 e. The lowest BCUT2D eigenvalue weighted by molar-refractivity contribution is 0.171. The molecule has 1 aliphatic rings. The van der Waals surface area contributed by atoms with Crippen molar-refractivity contribution in [3.63, 3.8) is 0 Å². The zero-order valence-corrected chi connectivity index (χ0v) is 8.38. The van der Waals surface area contributed by atoms with Crippen LogP contribution in [0.1, 0.15) is 5.56 Å². The van der Waals surface area contributed by atoms with Crippen molar-refractivity contribution in [3.05, 3.63) is 22.7 Å². The lowest BCUT2D eigenvalue weighted by Gasteiger charge is -2.20. The van der Waals surface area contributed by atoms with Gasteiger partial charge in [0.1, 0.15) is 13.2 Å². The Morgan fingerprint density at radius 1 is 1.29 bits per heavy atom. The number of rotatable bonds is 2. The van der Waals surface area contributed by atoms with E-state index in [1.54, 1.807) is 6.07 Å². The topological polar surface area (TPSA) is 38.7 Å². The van der Waals surface area contributed by atoms with Gasteiger partial charge in [-0.1, -0.05) is 11.6 Å². The monoisotopic (exact) mass is 214 g/mol. The number of hydrogen-bond donors (Lipinski definition) is 1. The van der Waals surface area contributed by atoms with Crippen molar-refractivity contribution in [3.8, 4) is 11.5 Å². The van der Waals surface area contributed by atoms with Gasteiger partial charge in [0.15, 0.2) is 11.5 Å². The first kappa shape index (κ1) is 9.62. The molecule has 0 amide bonds. The number of benzene rings is 1. The Bertz CT molecular complexity index is 338. The second-order valence-corrected chi connectivity index (χ2v) is 3.48. The average Bonchev–Trinajstić information content (AvgIpc) is 2.18. The minimum absolute atomic E-state index is 0.107. The van der Waals surface area contributed by atoms with Gasteiger partial charge in [-0.05, 0) is 24.1 Å². The summed E-state index contributed by atoms with van der Waals surface area (Å²) >= 11 is 6.00. The summed E-state index contributed by atoms with van der Waals surface area (Å²) in [4.78, 5) is 0. The molecule has 0 atom stereocenters. The molecule has 0 aliphatic carbocycles. The minimum atomic E-state index is 0.107. The Labute approximate surface area is 87.2 Å². The maximum Gasteiger partial charge on any atom is 0.179 e. The summed E-state index contributed by atoms with van der Waals surface area (Å²) in [5.74, 6) is 1.28. The molecule has 14 heavy (non-hydrogen) atoms. The minimum Gasteiger partial charge on any atom is -0.486 e. The molecule has 76 valence electrons. The van der Waals surface area contributed by atoms with E-state index in [0.29, 0.717) is 36.2 Å². The summed E-state index contributed by atoms with van der Waals surface area (Å²) in [5.41, 5.74) is 0.960. The molecule has 1 N–H and O–H groups in total. The Hall–Kier alpha value is -0.930. The fourth-order valence-electron chi connectivity index (χ4n) is 1.44. The maximum atomic E-state index is 8.80. The van der Waals surface area contributed by atoms with Crippen LogP contribution in [0.15, 0.2) is 12.1 Å². The third kappa shape index (κ3) is 1.79. The van der Waals surface area contributed by atoms with Crippen LogP contribution in [0.4, 0.5) is 0 Å². The SMILES string of the molecule is OCCc1cc(Cl)c2c(c1)OCCO2. The lowest BCUT2D eigenvalue weighted by Crippen LogP contribution is -2.15. The maximum absolute atomic E-state index is 8.80. The van der Waals surface area contributed by atoms with Gasteiger partial charge in [0.2, 0.25) is 0 Å². The molecule has 0 fully saturated rings. The van der Waals surface area contributed by atoms with Crippen LogP contribution in [-0.2, 0) is 6.42 Å². The Balaban J connectivity index is 2.36. The third-order valence-electron chi connectivity index (χ3n) is 2.06. The van der Waals surface area contributed by atoms with Gasteiger partial charge >= 0.3 is 0 Å². The summed E-state index contributed by atoms with van der Waals surface area (Å²) in [7, 11) is 0. The number of ether oxygens (including phenoxy) is 2. The van der Waals surface area contributed by atoms with Crippen LogP contribution in [0, 0.1) is 0 Å². The van der Waals surface area contributed by atoms with Gasteiger partial charge in [-0.3, -0.25) is 0 Å². The van der Waals surface area contributed by atoms with Crippen molar-refractivity contribution in [2.45, 2.75) is 6.42 Å². The van der Waals surface area contributed by atoms with E-state index in [-0.39, 0.29) is 6.61 Å². The Morgan fingerprint density at radius 3 is 2.86 bits per heavy atom. The number of halogens is 1. The average molecular weight is 215 g/mol. The van der Waals surface area contributed by atoms with Crippen LogP contribution in [0.5, 0.6) is 11.5 Å². The number of aliphatic hydroxyl groups excluding tert-OH is 1. The molecule has 3 nitrogen and oxygen atoms in total. The summed E-state index contributed by atoms with van der Waals surface area (Å²) < 4.78 is 10.8. The van der Waals surface area contributed by atoms with Crippen molar-refractivity contribution < 1.29 is 14.6 Å². The molecule has 1 aliphatic heterocycles. The van der Waals surface area contributed by atoms with Crippen molar-refractivity contribution in [2.24, 2.45) is 0 Å². The zero-order valence-electron chi connectivity index (χ0n) is 7.62. The first-order valence-electron chi connectivity index (χ1n) is 4.50. The smallest absolute Gasteiger partial charge is 0.179 e. The molecule has 0 spiro atoms. The molecular formula is C10H11ClO3. The van der Waals surface area contributed by atoms with Crippen LogP contribution in [0.25, 0.3) is 0 Å². The van der Waals surface area contributed by atoms with E-state index in [1.807, 2.05) is 6.07 Å². The fourth-order valence-corrected chi connectivity index (χ4v) is 1.73. The summed E-state index contributed by atoms with van der Waals surface area (Å²) in [5, 5.41) is 9.35. The van der Waals surface area contributed by atoms with Crippen molar-refractivity contribution in [2.75, 3.05) is 19.8 Å². The van der Waals surface area contributed by atoms with E-state index in [9.17, 15) is 0 Å². The highest BCUT2D eigenvalue weighted by Gasteiger charge is 2.16. The molecule has 0 saturated carbocycles. The first-order chi connectivity index (χ1) is 6.81. The molecule has 0 aromatic heterocycles. The molecule has 1 aromatic rings. The van der Waals surface area contributed by atoms with Crippen LogP contribution in [-0.4, -0.2) is 24.9 Å². The van der Waals surface area contributed by atoms with Crippen LogP contribution < -0.4 is 9.47 Å². The quantitative estimate of drug-likeness (QED) is 0.814. The Morgan fingerprint density at radius 2 is 2.07 bits per heavy atom. The molecule has 4 heteroatoms. The van der Waals surface area contributed by atoms with Gasteiger partial charge in [0.25, 0.3) is 0 Å². The lowest BCUT2D eigenvalue weighted by atomic mass is 10.1. The van der Waals surface area contributed by atoms with Crippen molar-refractivity contribution in [1.29, 1.82) is 0 Å². The van der Waals surface area contributed by atoms with Gasteiger partial charge < -0.3 is 14.6 Å². The first-order valence-corrected chi connectivity index (χ1v) is 4.88. The van der Waals surface area contributed by atoms with Crippen molar-refractivity contribution >= 4 is 11.6 Å². The van der Waals surface area contributed by atoms with Gasteiger partial charge in [-0.25, -0.2) is 0 Å². The standard InChI is InChI=1S/C10H11ClO3/c11-8-5-7(1-2-12)6-9-10(8)14-4-3-13-9/h5-6,12H,1-4H2. The van der Waals surface area contributed by atoms with Crippen LogP contribution >= 0.6 is 11.6 Å². The fraction of sp³-hybridized carbons (Fsp3) is 0.400. The molecule has 2 rings (SSSR count). The van der Waals surface area contributed by atoms with Crippen LogP contribution in [0.2, 0.25) is 5.02 Å². The number of aliphatic hydroxyl groups is 1. The summed E-state index contributed by atoms with van der Waals surface area (Å²) in [6.45, 7) is 1.19. The molecule has 1 aromatic carbocycles. The van der Waals surface area contributed by atoms with E-state index in [4.69, 9.17) is 26.2 Å². The normalized spacial score (nSPS) is 14.1. The second kappa shape index (κ2) is 4.07. The Kier molecular flexibility index (Phi) is 2.79. The highest BCUT2D eigenvalue weighted by atomic mass is 35.5. The number of hydrogen-bond acceptors (Lipinski definition) is 3. The third-order valence-corrected chi connectivity index (χ3v) is 2.34. The van der Waals surface area contributed by atoms with Gasteiger partial charge in [0, 0.05) is 6.61 Å². The molecular weight excluding hydrogens is 204 g/mol. The van der Waals surface area contributed by atoms with E-state index in [0.717, 1.165) is 5.56 Å². The van der Waals surface area contributed by atoms with Crippen LogP contribution in [0.3, 0.4) is 0 Å². The number of fused-ring (bicyclic) bond motifs is 1. The molecule has 1 heterocycles. The van der Waals surface area contributed by atoms with E-state index in [2.05, 4.69) is 0 Å². The van der Waals surface area contributed by atoms with E-state index < -0.39 is 0 Å². The predicted molar refractivity (Wildman–Crippen MR) is 53.2 cm³/mol.